The molecule has 0 aromatic heterocycles. The van der Waals surface area contributed by atoms with Crippen molar-refractivity contribution in [3.8, 4) is 0 Å². The second-order valence-electron chi connectivity index (χ2n) is 4.00. The highest BCUT2D eigenvalue weighted by atomic mass is 32.1. The molecule has 16 heavy (non-hydrogen) atoms. The molecule has 0 radical (unpaired) electrons. The first-order chi connectivity index (χ1) is 7.72. The molecule has 0 unspecified atom stereocenters. The zero-order chi connectivity index (χ0) is 11.8. The van der Waals surface area contributed by atoms with E-state index in [2.05, 4.69) is 27.7 Å². The van der Waals surface area contributed by atoms with Crippen LogP contribution in [0.4, 0.5) is 0 Å². The molecule has 6 heteroatoms. The Morgan fingerprint density at radius 3 is 2.62 bits per heavy atom. The van der Waals surface area contributed by atoms with Gasteiger partial charge in [0.25, 0.3) is 0 Å². The topological polar surface area (TPSA) is 39.8 Å². The van der Waals surface area contributed by atoms with Crippen LogP contribution in [0.5, 0.6) is 0 Å². The number of piperazine rings is 1. The summed E-state index contributed by atoms with van der Waals surface area (Å²) in [7, 11) is 3.85. The predicted molar refractivity (Wildman–Crippen MR) is 69.3 cm³/mol. The summed E-state index contributed by atoms with van der Waals surface area (Å²) < 4.78 is 4.97. The maximum absolute atomic E-state index is 5.20. The highest BCUT2D eigenvalue weighted by Crippen LogP contribution is 1.94. The number of hydrogen-bond donors (Lipinski definition) is 2. The molecule has 0 saturated carbocycles. The van der Waals surface area contributed by atoms with E-state index in [1.807, 2.05) is 0 Å². The van der Waals surface area contributed by atoms with Crippen LogP contribution in [0.15, 0.2) is 0 Å². The summed E-state index contributed by atoms with van der Waals surface area (Å²) in [6, 6.07) is 0. The Balaban J connectivity index is 2.05. The number of hydrogen-bond acceptors (Lipinski definition) is 4. The SMILES string of the molecule is COCCCNC(=S)NN1CCN(C)CC1. The highest BCUT2D eigenvalue weighted by Gasteiger charge is 2.13. The molecule has 1 saturated heterocycles. The average molecular weight is 246 g/mol. The molecule has 2 N–H and O–H groups in total. The Hall–Kier alpha value is -0.430. The number of hydrazine groups is 1. The minimum atomic E-state index is 0.709. The Morgan fingerprint density at radius 1 is 1.31 bits per heavy atom. The molecule has 94 valence electrons. The van der Waals surface area contributed by atoms with Crippen molar-refractivity contribution in [1.29, 1.82) is 0 Å². The van der Waals surface area contributed by atoms with Crippen molar-refractivity contribution in [3.63, 3.8) is 0 Å². The van der Waals surface area contributed by atoms with Crippen LogP contribution in [0.2, 0.25) is 0 Å². The van der Waals surface area contributed by atoms with E-state index in [4.69, 9.17) is 17.0 Å². The van der Waals surface area contributed by atoms with Gasteiger partial charge in [0.1, 0.15) is 0 Å². The molecular formula is C10H22N4OS. The van der Waals surface area contributed by atoms with Crippen molar-refractivity contribution in [2.24, 2.45) is 0 Å². The molecule has 0 aromatic carbocycles. The van der Waals surface area contributed by atoms with Crippen LogP contribution in [-0.4, -0.2) is 68.5 Å². The second kappa shape index (κ2) is 7.78. The number of ether oxygens (including phenoxy) is 1. The van der Waals surface area contributed by atoms with Crippen molar-refractivity contribution in [3.05, 3.63) is 0 Å². The van der Waals surface area contributed by atoms with E-state index in [-0.39, 0.29) is 0 Å². The largest absolute Gasteiger partial charge is 0.385 e. The van der Waals surface area contributed by atoms with Gasteiger partial charge < -0.3 is 15.0 Å². The Labute approximate surface area is 103 Å². The molecular weight excluding hydrogens is 224 g/mol. The lowest BCUT2D eigenvalue weighted by Crippen LogP contribution is -2.54. The van der Waals surface area contributed by atoms with Crippen LogP contribution in [0.25, 0.3) is 0 Å². The van der Waals surface area contributed by atoms with E-state index in [0.717, 1.165) is 45.8 Å². The third-order valence-electron chi connectivity index (χ3n) is 2.57. The van der Waals surface area contributed by atoms with Gasteiger partial charge in [0.2, 0.25) is 0 Å². The molecule has 1 heterocycles. The van der Waals surface area contributed by atoms with Crippen LogP contribution >= 0.6 is 12.2 Å². The fourth-order valence-electron chi connectivity index (χ4n) is 1.52. The maximum atomic E-state index is 5.20. The number of rotatable bonds is 5. The smallest absolute Gasteiger partial charge is 0.181 e. The lowest BCUT2D eigenvalue weighted by molar-refractivity contribution is 0.130. The summed E-state index contributed by atoms with van der Waals surface area (Å²) in [4.78, 5) is 2.31. The standard InChI is InChI=1S/C10H22N4OS/c1-13-5-7-14(8-6-13)12-10(16)11-4-3-9-15-2/h3-9H2,1-2H3,(H2,11,12,16). The first kappa shape index (κ1) is 13.6. The van der Waals surface area contributed by atoms with Gasteiger partial charge in [-0.15, -0.1) is 0 Å². The zero-order valence-corrected chi connectivity index (χ0v) is 11.0. The normalized spacial score (nSPS) is 18.4. The molecule has 0 spiro atoms. The lowest BCUT2D eigenvalue weighted by atomic mass is 10.4. The summed E-state index contributed by atoms with van der Waals surface area (Å²) >= 11 is 5.20. The minimum Gasteiger partial charge on any atom is -0.385 e. The molecule has 0 bridgehead atoms. The Morgan fingerprint density at radius 2 is 2.00 bits per heavy atom. The summed E-state index contributed by atoms with van der Waals surface area (Å²) in [5.74, 6) is 0. The van der Waals surface area contributed by atoms with E-state index < -0.39 is 0 Å². The molecule has 1 aliphatic rings. The van der Waals surface area contributed by atoms with Gasteiger partial charge >= 0.3 is 0 Å². The predicted octanol–water partition coefficient (Wildman–Crippen LogP) is -0.351. The van der Waals surface area contributed by atoms with Gasteiger partial charge in [0.05, 0.1) is 0 Å². The number of thiocarbonyl (C=S) groups is 1. The number of methoxy groups -OCH3 is 1. The fourth-order valence-corrected chi connectivity index (χ4v) is 1.75. The average Bonchev–Trinajstić information content (AvgIpc) is 2.28. The minimum absolute atomic E-state index is 0.709. The summed E-state index contributed by atoms with van der Waals surface area (Å²) in [5.41, 5.74) is 3.20. The molecule has 0 amide bonds. The summed E-state index contributed by atoms with van der Waals surface area (Å²) in [6.07, 6.45) is 0.973. The molecule has 0 aliphatic carbocycles. The number of nitrogens with one attached hydrogen (secondary N) is 2. The van der Waals surface area contributed by atoms with Crippen molar-refractivity contribution in [2.45, 2.75) is 6.42 Å². The van der Waals surface area contributed by atoms with Crippen LogP contribution < -0.4 is 10.7 Å². The second-order valence-corrected chi connectivity index (χ2v) is 4.41. The molecule has 0 aromatic rings. The molecule has 1 rings (SSSR count). The molecule has 0 atom stereocenters. The first-order valence-electron chi connectivity index (χ1n) is 5.69. The van der Waals surface area contributed by atoms with Crippen LogP contribution in [0.1, 0.15) is 6.42 Å². The van der Waals surface area contributed by atoms with E-state index >= 15 is 0 Å². The van der Waals surface area contributed by atoms with E-state index in [9.17, 15) is 0 Å². The summed E-state index contributed by atoms with van der Waals surface area (Å²) in [5, 5.41) is 6.03. The molecule has 1 aliphatic heterocycles. The van der Waals surface area contributed by atoms with Gasteiger partial charge in [-0.05, 0) is 25.7 Å². The Bertz CT molecular complexity index is 207. The monoisotopic (exact) mass is 246 g/mol. The quantitative estimate of drug-likeness (QED) is 0.510. The number of nitrogens with zero attached hydrogens (tertiary/aromatic N) is 2. The van der Waals surface area contributed by atoms with Crippen molar-refractivity contribution >= 4 is 17.3 Å². The Kier molecular flexibility index (Phi) is 6.63. The van der Waals surface area contributed by atoms with E-state index in [1.165, 1.54) is 0 Å². The van der Waals surface area contributed by atoms with E-state index in [0.29, 0.717) is 5.11 Å². The summed E-state index contributed by atoms with van der Waals surface area (Å²) in [6.45, 7) is 5.81. The number of likely N-dealkylation sites (N-methyl/N-ethyl adjacent to an activating group) is 1. The van der Waals surface area contributed by atoms with Crippen molar-refractivity contribution < 1.29 is 4.74 Å². The fraction of sp³-hybridized carbons (Fsp3) is 0.900. The van der Waals surface area contributed by atoms with Gasteiger partial charge in [-0.1, -0.05) is 0 Å². The maximum Gasteiger partial charge on any atom is 0.181 e. The van der Waals surface area contributed by atoms with E-state index in [1.54, 1.807) is 7.11 Å². The third kappa shape index (κ3) is 5.60. The van der Waals surface area contributed by atoms with Gasteiger partial charge in [-0.2, -0.15) is 0 Å². The highest BCUT2D eigenvalue weighted by molar-refractivity contribution is 7.80. The van der Waals surface area contributed by atoms with Gasteiger partial charge in [-0.3, -0.25) is 5.43 Å². The zero-order valence-electron chi connectivity index (χ0n) is 10.2. The van der Waals surface area contributed by atoms with Crippen LogP contribution in [-0.2, 0) is 4.74 Å². The molecule has 1 fully saturated rings. The third-order valence-corrected chi connectivity index (χ3v) is 2.81. The lowest BCUT2D eigenvalue weighted by Gasteiger charge is -2.33. The van der Waals surface area contributed by atoms with Gasteiger partial charge in [-0.25, -0.2) is 5.01 Å². The van der Waals surface area contributed by atoms with Gasteiger partial charge in [0.15, 0.2) is 5.11 Å². The van der Waals surface area contributed by atoms with Crippen LogP contribution in [0, 0.1) is 0 Å². The first-order valence-corrected chi connectivity index (χ1v) is 6.10. The van der Waals surface area contributed by atoms with Crippen molar-refractivity contribution in [2.75, 3.05) is 53.5 Å². The van der Waals surface area contributed by atoms with Gasteiger partial charge in [0, 0.05) is 46.4 Å². The molecule has 5 nitrogen and oxygen atoms in total. The van der Waals surface area contributed by atoms with Crippen molar-refractivity contribution in [1.82, 2.24) is 20.7 Å². The van der Waals surface area contributed by atoms with Crippen LogP contribution in [0.3, 0.4) is 0 Å².